The summed E-state index contributed by atoms with van der Waals surface area (Å²) in [5.41, 5.74) is 4.20. The molecular formula is C30H18Cl2FN9S. The van der Waals surface area contributed by atoms with Crippen LogP contribution in [0.5, 0.6) is 0 Å². The van der Waals surface area contributed by atoms with Gasteiger partial charge in [0.1, 0.15) is 29.7 Å². The average Bonchev–Trinajstić information content (AvgIpc) is 3.69. The molecule has 4 aromatic heterocycles. The summed E-state index contributed by atoms with van der Waals surface area (Å²) in [5.74, 6) is -0.557. The van der Waals surface area contributed by atoms with Gasteiger partial charge in [0.05, 0.1) is 50.8 Å². The highest BCUT2D eigenvalue weighted by Crippen LogP contribution is 2.38. The highest BCUT2D eigenvalue weighted by atomic mass is 35.5. The molecule has 9 nitrogen and oxygen atoms in total. The molecule has 0 amide bonds. The third-order valence-electron chi connectivity index (χ3n) is 6.48. The number of benzene rings is 2. The molecule has 0 saturated carbocycles. The van der Waals surface area contributed by atoms with Crippen LogP contribution in [-0.2, 0) is 6.54 Å². The third kappa shape index (κ3) is 5.96. The molecule has 0 fully saturated rings. The maximum atomic E-state index is 13.8. The number of rotatable bonds is 8. The molecule has 43 heavy (non-hydrogen) atoms. The van der Waals surface area contributed by atoms with Gasteiger partial charge in [-0.15, -0.1) is 16.4 Å². The topological polar surface area (TPSA) is 128 Å². The number of nitrogens with one attached hydrogen (secondary N) is 2. The van der Waals surface area contributed by atoms with Gasteiger partial charge in [0, 0.05) is 39.4 Å². The first-order valence-electron chi connectivity index (χ1n) is 12.7. The zero-order valence-electron chi connectivity index (χ0n) is 22.0. The van der Waals surface area contributed by atoms with E-state index in [-0.39, 0.29) is 10.6 Å². The fourth-order valence-corrected chi connectivity index (χ4v) is 5.82. The number of aromatic nitrogens is 5. The minimum Gasteiger partial charge on any atom is -0.372 e. The Kier molecular flexibility index (Phi) is 7.86. The summed E-state index contributed by atoms with van der Waals surface area (Å²) < 4.78 is 15.5. The SMILES string of the molecule is N#Cc1csc([C@H](Nc2cc(Cl)c3ncc(C#N)c(Nc4ccc(F)c(Cl)c4)c3c2)c2cn(Cc3ccccn3)nn2)c1. The fourth-order valence-electron chi connectivity index (χ4n) is 4.48. The van der Waals surface area contributed by atoms with Crippen LogP contribution in [0.3, 0.4) is 0 Å². The van der Waals surface area contributed by atoms with E-state index in [4.69, 9.17) is 23.2 Å². The summed E-state index contributed by atoms with van der Waals surface area (Å²) in [6.45, 7) is 0.432. The summed E-state index contributed by atoms with van der Waals surface area (Å²) in [4.78, 5) is 9.59. The predicted molar refractivity (Wildman–Crippen MR) is 164 cm³/mol. The summed E-state index contributed by atoms with van der Waals surface area (Å²) in [6, 6.07) is 19.0. The Morgan fingerprint density at radius 1 is 1.00 bits per heavy atom. The van der Waals surface area contributed by atoms with E-state index in [1.807, 2.05) is 30.5 Å². The zero-order chi connectivity index (χ0) is 29.9. The molecule has 4 heterocycles. The van der Waals surface area contributed by atoms with Crippen molar-refractivity contribution in [3.63, 3.8) is 0 Å². The van der Waals surface area contributed by atoms with Gasteiger partial charge < -0.3 is 10.6 Å². The first-order valence-corrected chi connectivity index (χ1v) is 14.3. The highest BCUT2D eigenvalue weighted by molar-refractivity contribution is 7.10. The van der Waals surface area contributed by atoms with Crippen LogP contribution in [0.4, 0.5) is 21.5 Å². The summed E-state index contributed by atoms with van der Waals surface area (Å²) >= 11 is 14.1. The van der Waals surface area contributed by atoms with Crippen molar-refractivity contribution in [2.75, 3.05) is 10.6 Å². The van der Waals surface area contributed by atoms with E-state index in [1.165, 1.54) is 35.7 Å². The fraction of sp³-hybridized carbons (Fsp3) is 0.0667. The van der Waals surface area contributed by atoms with Crippen molar-refractivity contribution >= 4 is 62.5 Å². The highest BCUT2D eigenvalue weighted by Gasteiger charge is 2.22. The van der Waals surface area contributed by atoms with Crippen LogP contribution in [-0.4, -0.2) is 25.0 Å². The first-order chi connectivity index (χ1) is 20.9. The van der Waals surface area contributed by atoms with Crippen molar-refractivity contribution in [3.8, 4) is 12.1 Å². The number of thiophene rings is 1. The molecule has 2 aromatic carbocycles. The molecular weight excluding hydrogens is 608 g/mol. The summed E-state index contributed by atoms with van der Waals surface area (Å²) in [7, 11) is 0. The van der Waals surface area contributed by atoms with Crippen LogP contribution < -0.4 is 10.6 Å². The zero-order valence-corrected chi connectivity index (χ0v) is 24.3. The van der Waals surface area contributed by atoms with Crippen LogP contribution in [0.2, 0.25) is 10.0 Å². The second-order valence-electron chi connectivity index (χ2n) is 9.36. The van der Waals surface area contributed by atoms with E-state index in [0.717, 1.165) is 10.6 Å². The Morgan fingerprint density at radius 3 is 2.60 bits per heavy atom. The van der Waals surface area contributed by atoms with Crippen LogP contribution in [0.25, 0.3) is 10.9 Å². The van der Waals surface area contributed by atoms with E-state index < -0.39 is 11.9 Å². The molecule has 0 aliphatic carbocycles. The maximum Gasteiger partial charge on any atom is 0.141 e. The van der Waals surface area contributed by atoms with Crippen molar-refractivity contribution in [3.05, 3.63) is 122 Å². The van der Waals surface area contributed by atoms with Gasteiger partial charge in [-0.05, 0) is 48.5 Å². The lowest BCUT2D eigenvalue weighted by Crippen LogP contribution is -2.12. The van der Waals surface area contributed by atoms with Crippen LogP contribution in [0.15, 0.2) is 78.6 Å². The predicted octanol–water partition coefficient (Wildman–Crippen LogP) is 7.47. The van der Waals surface area contributed by atoms with Gasteiger partial charge in [0.2, 0.25) is 0 Å². The van der Waals surface area contributed by atoms with Crippen LogP contribution in [0.1, 0.15) is 33.4 Å². The van der Waals surface area contributed by atoms with E-state index in [9.17, 15) is 14.9 Å². The van der Waals surface area contributed by atoms with E-state index in [1.54, 1.807) is 28.4 Å². The van der Waals surface area contributed by atoms with E-state index >= 15 is 0 Å². The number of hydrogen-bond donors (Lipinski definition) is 2. The normalized spacial score (nSPS) is 11.6. The first kappa shape index (κ1) is 28.1. The Balaban J connectivity index is 1.41. The average molecular weight is 627 g/mol. The van der Waals surface area contributed by atoms with Gasteiger partial charge in [-0.25, -0.2) is 9.07 Å². The van der Waals surface area contributed by atoms with E-state index in [0.29, 0.717) is 50.8 Å². The van der Waals surface area contributed by atoms with Gasteiger partial charge in [0.15, 0.2) is 0 Å². The van der Waals surface area contributed by atoms with Gasteiger partial charge >= 0.3 is 0 Å². The number of anilines is 3. The van der Waals surface area contributed by atoms with E-state index in [2.05, 4.69) is 43.1 Å². The maximum absolute atomic E-state index is 13.8. The standard InChI is InChI=1S/C30H18Cl2FN9S/c31-23-9-19(4-5-25(23)33)38-28-18(12-35)13-37-29-22(28)8-21(10-24(29)32)39-30(27-7-17(11-34)16-43-27)26-15-42(41-40-26)14-20-3-1-2-6-36-20/h1-10,13,15-16,30,39H,14H2,(H,37,38)/t30-/m1/s1. The monoisotopic (exact) mass is 625 g/mol. The van der Waals surface area contributed by atoms with Crippen molar-refractivity contribution in [2.24, 2.45) is 0 Å². The lowest BCUT2D eigenvalue weighted by Gasteiger charge is -2.19. The lowest BCUT2D eigenvalue weighted by molar-refractivity contribution is 0.628. The minimum atomic E-state index is -0.557. The Labute approximate surface area is 258 Å². The largest absolute Gasteiger partial charge is 0.372 e. The molecule has 0 radical (unpaired) electrons. The molecule has 13 heteroatoms. The molecule has 0 unspecified atom stereocenters. The minimum absolute atomic E-state index is 0.0612. The quantitative estimate of drug-likeness (QED) is 0.178. The number of fused-ring (bicyclic) bond motifs is 1. The van der Waals surface area contributed by atoms with Gasteiger partial charge in [-0.3, -0.25) is 9.97 Å². The van der Waals surface area contributed by atoms with Gasteiger partial charge in [-0.1, -0.05) is 34.5 Å². The second-order valence-corrected chi connectivity index (χ2v) is 11.1. The van der Waals surface area contributed by atoms with Gasteiger partial charge in [0.25, 0.3) is 0 Å². The molecule has 1 atom stereocenters. The number of pyridine rings is 2. The number of nitrogens with zero attached hydrogens (tertiary/aromatic N) is 7. The Bertz CT molecular complexity index is 2050. The van der Waals surface area contributed by atoms with Crippen molar-refractivity contribution in [1.29, 1.82) is 10.5 Å². The molecule has 0 saturated heterocycles. The summed E-state index contributed by atoms with van der Waals surface area (Å²) in [6.07, 6.45) is 4.96. The number of halogens is 3. The van der Waals surface area contributed by atoms with Crippen molar-refractivity contribution in [2.45, 2.75) is 12.6 Å². The molecule has 0 aliphatic rings. The lowest BCUT2D eigenvalue weighted by atomic mass is 10.1. The van der Waals surface area contributed by atoms with Gasteiger partial charge in [-0.2, -0.15) is 10.5 Å². The molecule has 210 valence electrons. The molecule has 2 N–H and O–H groups in total. The molecule has 0 aliphatic heterocycles. The Morgan fingerprint density at radius 2 is 1.86 bits per heavy atom. The number of hydrogen-bond acceptors (Lipinski definition) is 9. The number of nitriles is 2. The smallest absolute Gasteiger partial charge is 0.141 e. The second kappa shape index (κ2) is 12.0. The van der Waals surface area contributed by atoms with Crippen LogP contribution >= 0.6 is 34.5 Å². The molecule has 6 rings (SSSR count). The van der Waals surface area contributed by atoms with Crippen molar-refractivity contribution < 1.29 is 4.39 Å². The third-order valence-corrected chi connectivity index (χ3v) is 8.06. The molecule has 0 bridgehead atoms. The molecule has 6 aromatic rings. The molecule has 0 spiro atoms. The van der Waals surface area contributed by atoms with Crippen LogP contribution in [0, 0.1) is 28.5 Å². The summed E-state index contributed by atoms with van der Waals surface area (Å²) in [5, 5.41) is 37.3. The van der Waals surface area contributed by atoms with Crippen molar-refractivity contribution in [1.82, 2.24) is 25.0 Å². The Hall–Kier alpha value is -5.07.